The molecule has 1 atom stereocenters. The van der Waals surface area contributed by atoms with Crippen molar-refractivity contribution < 1.29 is 18.0 Å². The van der Waals surface area contributed by atoms with Crippen LogP contribution in [0.1, 0.15) is 35.9 Å². The summed E-state index contributed by atoms with van der Waals surface area (Å²) in [4.78, 5) is 17.8. The van der Waals surface area contributed by atoms with Crippen LogP contribution in [0.2, 0.25) is 5.02 Å². The van der Waals surface area contributed by atoms with Crippen molar-refractivity contribution in [3.63, 3.8) is 0 Å². The molecular weight excluding hydrogens is 357 g/mol. The Morgan fingerprint density at radius 1 is 1.40 bits per heavy atom. The first-order valence-corrected chi connectivity index (χ1v) is 8.27. The molecule has 1 saturated heterocycles. The third kappa shape index (κ3) is 3.35. The summed E-state index contributed by atoms with van der Waals surface area (Å²) in [6.45, 7) is 1.93. The molecule has 9 heteroatoms. The van der Waals surface area contributed by atoms with Gasteiger partial charge in [-0.3, -0.25) is 4.79 Å². The monoisotopic (exact) mass is 372 g/mol. The summed E-state index contributed by atoms with van der Waals surface area (Å²) >= 11 is 6.21. The molecule has 3 rings (SSSR count). The number of carbonyl (C=O) groups is 1. The minimum absolute atomic E-state index is 0.0620. The summed E-state index contributed by atoms with van der Waals surface area (Å²) in [5.74, 6) is -0.154. The van der Waals surface area contributed by atoms with Gasteiger partial charge in [-0.2, -0.15) is 18.3 Å². The summed E-state index contributed by atoms with van der Waals surface area (Å²) in [6.07, 6.45) is -2.23. The molecule has 1 amide bonds. The Morgan fingerprint density at radius 2 is 2.16 bits per heavy atom. The van der Waals surface area contributed by atoms with Gasteiger partial charge in [0.2, 0.25) is 0 Å². The third-order valence-corrected chi connectivity index (χ3v) is 4.50. The quantitative estimate of drug-likeness (QED) is 0.826. The van der Waals surface area contributed by atoms with Crippen LogP contribution in [0.4, 0.5) is 13.2 Å². The second-order valence-corrected chi connectivity index (χ2v) is 6.20. The SMILES string of the molecule is CCc1ncn(-c2c(Cl)cccc2C(=O)N2CCC[C@@H]2C(F)(F)F)n1. The summed E-state index contributed by atoms with van der Waals surface area (Å²) in [5.41, 5.74) is 0.324. The normalized spacial score (nSPS) is 18.0. The van der Waals surface area contributed by atoms with Gasteiger partial charge in [-0.25, -0.2) is 9.67 Å². The number of para-hydroxylation sites is 1. The van der Waals surface area contributed by atoms with Gasteiger partial charge >= 0.3 is 6.18 Å². The van der Waals surface area contributed by atoms with Crippen molar-refractivity contribution >= 4 is 17.5 Å². The number of benzene rings is 1. The van der Waals surface area contributed by atoms with Gasteiger partial charge in [0.1, 0.15) is 12.4 Å². The Hall–Kier alpha value is -2.09. The first kappa shape index (κ1) is 17.7. The summed E-state index contributed by atoms with van der Waals surface area (Å²) < 4.78 is 40.9. The maximum absolute atomic E-state index is 13.2. The first-order chi connectivity index (χ1) is 11.8. The van der Waals surface area contributed by atoms with Gasteiger partial charge in [0.25, 0.3) is 5.91 Å². The molecule has 1 aromatic heterocycles. The minimum atomic E-state index is -4.45. The van der Waals surface area contributed by atoms with Crippen molar-refractivity contribution in [2.75, 3.05) is 6.54 Å². The molecule has 0 aliphatic carbocycles. The number of carbonyl (C=O) groups excluding carboxylic acids is 1. The van der Waals surface area contributed by atoms with Gasteiger partial charge in [0.05, 0.1) is 16.3 Å². The predicted octanol–water partition coefficient (Wildman–Crippen LogP) is 3.65. The van der Waals surface area contributed by atoms with Gasteiger partial charge in [0, 0.05) is 13.0 Å². The fourth-order valence-corrected chi connectivity index (χ4v) is 3.25. The van der Waals surface area contributed by atoms with Crippen LogP contribution < -0.4 is 0 Å². The number of rotatable bonds is 3. The highest BCUT2D eigenvalue weighted by atomic mass is 35.5. The highest BCUT2D eigenvalue weighted by Crippen LogP contribution is 2.35. The average molecular weight is 373 g/mol. The van der Waals surface area contributed by atoms with Crippen molar-refractivity contribution in [3.8, 4) is 5.69 Å². The van der Waals surface area contributed by atoms with Crippen LogP contribution in [-0.4, -0.2) is 44.3 Å². The summed E-state index contributed by atoms with van der Waals surface area (Å²) in [7, 11) is 0. The molecule has 1 aromatic carbocycles. The maximum atomic E-state index is 13.2. The van der Waals surface area contributed by atoms with Crippen LogP contribution in [0.25, 0.3) is 5.69 Å². The molecule has 1 aliphatic rings. The van der Waals surface area contributed by atoms with E-state index in [0.29, 0.717) is 18.7 Å². The lowest BCUT2D eigenvalue weighted by Crippen LogP contribution is -2.44. The lowest BCUT2D eigenvalue weighted by molar-refractivity contribution is -0.169. The Balaban J connectivity index is 2.03. The highest BCUT2D eigenvalue weighted by Gasteiger charge is 2.48. The molecule has 5 nitrogen and oxygen atoms in total. The number of aromatic nitrogens is 3. The number of hydrogen-bond donors (Lipinski definition) is 0. The van der Waals surface area contributed by atoms with E-state index in [2.05, 4.69) is 10.1 Å². The van der Waals surface area contributed by atoms with E-state index < -0.39 is 18.1 Å². The fourth-order valence-electron chi connectivity index (χ4n) is 2.99. The number of alkyl halides is 3. The van der Waals surface area contributed by atoms with Crippen LogP contribution in [0.3, 0.4) is 0 Å². The highest BCUT2D eigenvalue weighted by molar-refractivity contribution is 6.33. The van der Waals surface area contributed by atoms with Crippen molar-refractivity contribution in [2.45, 2.75) is 38.4 Å². The smallest absolute Gasteiger partial charge is 0.326 e. The van der Waals surface area contributed by atoms with Crippen molar-refractivity contribution in [2.24, 2.45) is 0 Å². The largest absolute Gasteiger partial charge is 0.408 e. The molecular formula is C16H16ClF3N4O. The molecule has 134 valence electrons. The molecule has 25 heavy (non-hydrogen) atoms. The molecule has 0 saturated carbocycles. The van der Waals surface area contributed by atoms with Gasteiger partial charge in [0.15, 0.2) is 5.82 Å². The molecule has 0 N–H and O–H groups in total. The van der Waals surface area contributed by atoms with E-state index in [4.69, 9.17) is 11.6 Å². The average Bonchev–Trinajstić information content (AvgIpc) is 3.22. The fraction of sp³-hybridized carbons (Fsp3) is 0.438. The zero-order valence-electron chi connectivity index (χ0n) is 13.4. The van der Waals surface area contributed by atoms with Gasteiger partial charge in [-0.15, -0.1) is 0 Å². The Labute approximate surface area is 147 Å². The maximum Gasteiger partial charge on any atom is 0.408 e. The Bertz CT molecular complexity index is 790. The van der Waals surface area contributed by atoms with E-state index >= 15 is 0 Å². The number of aryl methyl sites for hydroxylation is 1. The number of halogens is 4. The van der Waals surface area contributed by atoms with E-state index in [-0.39, 0.29) is 29.2 Å². The predicted molar refractivity (Wildman–Crippen MR) is 85.9 cm³/mol. The lowest BCUT2D eigenvalue weighted by Gasteiger charge is -2.27. The van der Waals surface area contributed by atoms with Crippen LogP contribution in [0.15, 0.2) is 24.5 Å². The summed E-state index contributed by atoms with van der Waals surface area (Å²) in [5, 5.41) is 4.45. The topological polar surface area (TPSA) is 51.0 Å². The Kier molecular flexibility index (Phi) is 4.73. The molecule has 0 radical (unpaired) electrons. The Morgan fingerprint density at radius 3 is 2.80 bits per heavy atom. The molecule has 1 aliphatic heterocycles. The van der Waals surface area contributed by atoms with Gasteiger partial charge < -0.3 is 4.90 Å². The number of amides is 1. The van der Waals surface area contributed by atoms with E-state index in [0.717, 1.165) is 4.90 Å². The van der Waals surface area contributed by atoms with Crippen LogP contribution >= 0.6 is 11.6 Å². The van der Waals surface area contributed by atoms with Crippen LogP contribution in [0, 0.1) is 0 Å². The standard InChI is InChI=1S/C16H16ClF3N4O/c1-2-13-21-9-24(22-13)14-10(5-3-6-11(14)17)15(25)23-8-4-7-12(23)16(18,19)20/h3,5-6,9,12H,2,4,7-8H2,1H3/t12-/m1/s1. The van der Waals surface area contributed by atoms with Gasteiger partial charge in [-0.05, 0) is 25.0 Å². The van der Waals surface area contributed by atoms with E-state index in [1.54, 1.807) is 6.07 Å². The first-order valence-electron chi connectivity index (χ1n) is 7.90. The number of likely N-dealkylation sites (tertiary alicyclic amines) is 1. The second-order valence-electron chi connectivity index (χ2n) is 5.79. The lowest BCUT2D eigenvalue weighted by atomic mass is 10.1. The number of hydrogen-bond acceptors (Lipinski definition) is 3. The second kappa shape index (κ2) is 6.67. The molecule has 1 fully saturated rings. The van der Waals surface area contributed by atoms with E-state index in [9.17, 15) is 18.0 Å². The molecule has 0 unspecified atom stereocenters. The molecule has 0 spiro atoms. The van der Waals surface area contributed by atoms with Crippen LogP contribution in [-0.2, 0) is 6.42 Å². The third-order valence-electron chi connectivity index (χ3n) is 4.19. The van der Waals surface area contributed by atoms with Crippen molar-refractivity contribution in [3.05, 3.63) is 40.9 Å². The zero-order chi connectivity index (χ0) is 18.2. The molecule has 2 aromatic rings. The molecule has 0 bridgehead atoms. The van der Waals surface area contributed by atoms with E-state index in [1.165, 1.54) is 23.1 Å². The van der Waals surface area contributed by atoms with E-state index in [1.807, 2.05) is 6.92 Å². The minimum Gasteiger partial charge on any atom is -0.326 e. The van der Waals surface area contributed by atoms with Crippen molar-refractivity contribution in [1.82, 2.24) is 19.7 Å². The van der Waals surface area contributed by atoms with Crippen LogP contribution in [0.5, 0.6) is 0 Å². The zero-order valence-corrected chi connectivity index (χ0v) is 14.2. The summed E-state index contributed by atoms with van der Waals surface area (Å²) in [6, 6.07) is 2.79. The van der Waals surface area contributed by atoms with Gasteiger partial charge in [-0.1, -0.05) is 24.6 Å². The molecule has 2 heterocycles. The van der Waals surface area contributed by atoms with Crippen molar-refractivity contribution in [1.29, 1.82) is 0 Å². The number of nitrogens with zero attached hydrogens (tertiary/aromatic N) is 4.